The molecule has 0 bridgehead atoms. The Morgan fingerprint density at radius 3 is 2.73 bits per heavy atom. The largest absolute Gasteiger partial charge is 0.354 e. The van der Waals surface area contributed by atoms with E-state index in [0.717, 1.165) is 12.8 Å². The maximum absolute atomic E-state index is 11.6. The molecule has 8 heteroatoms. The summed E-state index contributed by atoms with van der Waals surface area (Å²) >= 11 is 0. The second kappa shape index (κ2) is 7.04. The lowest BCUT2D eigenvalue weighted by Crippen LogP contribution is -2.33. The molecule has 2 rings (SSSR count). The first kappa shape index (κ1) is 16.7. The maximum Gasteiger partial charge on any atom is 0.225 e. The van der Waals surface area contributed by atoms with Crippen molar-refractivity contribution in [3.05, 3.63) is 12.1 Å². The second-order valence-corrected chi connectivity index (χ2v) is 7.82. The van der Waals surface area contributed by atoms with Crippen molar-refractivity contribution < 1.29 is 13.2 Å². The Balaban J connectivity index is 1.95. The van der Waals surface area contributed by atoms with Gasteiger partial charge in [0.15, 0.2) is 21.5 Å². The lowest BCUT2D eigenvalue weighted by Gasteiger charge is -2.23. The zero-order valence-corrected chi connectivity index (χ0v) is 13.8. The third-order valence-corrected chi connectivity index (χ3v) is 5.54. The molecule has 1 unspecified atom stereocenters. The number of hydrogen-bond acceptors (Lipinski definition) is 6. The van der Waals surface area contributed by atoms with Gasteiger partial charge < -0.3 is 10.2 Å². The number of carbonyl (C=O) groups is 1. The smallest absolute Gasteiger partial charge is 0.225 e. The molecule has 1 amide bonds. The molecule has 1 N–H and O–H groups in total. The number of aromatic nitrogens is 2. The van der Waals surface area contributed by atoms with Gasteiger partial charge in [-0.3, -0.25) is 4.79 Å². The molecule has 1 atom stereocenters. The maximum atomic E-state index is 11.6. The van der Waals surface area contributed by atoms with E-state index < -0.39 is 9.84 Å². The van der Waals surface area contributed by atoms with Crippen LogP contribution in [0.25, 0.3) is 0 Å². The van der Waals surface area contributed by atoms with E-state index in [-0.39, 0.29) is 23.5 Å². The van der Waals surface area contributed by atoms with Gasteiger partial charge in [-0.2, -0.15) is 0 Å². The highest BCUT2D eigenvalue weighted by atomic mass is 32.2. The average molecular weight is 326 g/mol. The van der Waals surface area contributed by atoms with Gasteiger partial charge in [0.2, 0.25) is 5.91 Å². The van der Waals surface area contributed by atoms with Crippen LogP contribution >= 0.6 is 0 Å². The lowest BCUT2D eigenvalue weighted by atomic mass is 10.2. The van der Waals surface area contributed by atoms with Crippen molar-refractivity contribution in [2.75, 3.05) is 28.8 Å². The summed E-state index contributed by atoms with van der Waals surface area (Å²) in [5, 5.41) is 10.8. The van der Waals surface area contributed by atoms with E-state index in [2.05, 4.69) is 15.5 Å². The average Bonchev–Trinajstić information content (AvgIpc) is 2.85. The molecule has 7 nitrogen and oxygen atoms in total. The Labute approximate surface area is 131 Å². The fourth-order valence-corrected chi connectivity index (χ4v) is 4.16. The van der Waals surface area contributed by atoms with E-state index in [0.29, 0.717) is 24.5 Å². The van der Waals surface area contributed by atoms with Gasteiger partial charge in [-0.15, -0.1) is 10.2 Å². The van der Waals surface area contributed by atoms with Crippen LogP contribution < -0.4 is 10.2 Å². The van der Waals surface area contributed by atoms with Gasteiger partial charge in [-0.05, 0) is 25.0 Å². The highest BCUT2D eigenvalue weighted by Gasteiger charge is 2.31. The Morgan fingerprint density at radius 1 is 1.41 bits per heavy atom. The van der Waals surface area contributed by atoms with Crippen LogP contribution in [0.3, 0.4) is 0 Å². The van der Waals surface area contributed by atoms with Gasteiger partial charge in [0.1, 0.15) is 0 Å². The van der Waals surface area contributed by atoms with Crippen LogP contribution in [0, 0.1) is 0 Å². The molecule has 0 spiro atoms. The SMILES string of the molecule is CCCCC(=O)Nc1ccc(N(C)C2CCS(=O)(=O)C2)nn1. The molecule has 0 saturated carbocycles. The number of hydrogen-bond donors (Lipinski definition) is 1. The van der Waals surface area contributed by atoms with Crippen molar-refractivity contribution in [1.82, 2.24) is 10.2 Å². The number of nitrogens with zero attached hydrogens (tertiary/aromatic N) is 3. The van der Waals surface area contributed by atoms with Gasteiger partial charge >= 0.3 is 0 Å². The van der Waals surface area contributed by atoms with Crippen molar-refractivity contribution in [3.63, 3.8) is 0 Å². The molecule has 2 heterocycles. The minimum Gasteiger partial charge on any atom is -0.354 e. The quantitative estimate of drug-likeness (QED) is 0.845. The molecule has 22 heavy (non-hydrogen) atoms. The monoisotopic (exact) mass is 326 g/mol. The van der Waals surface area contributed by atoms with Crippen LogP contribution in [-0.2, 0) is 14.6 Å². The Hall–Kier alpha value is -1.70. The number of sulfone groups is 1. The van der Waals surface area contributed by atoms with E-state index in [4.69, 9.17) is 0 Å². The summed E-state index contributed by atoms with van der Waals surface area (Å²) in [6.45, 7) is 2.03. The van der Waals surface area contributed by atoms with Crippen LogP contribution in [0.5, 0.6) is 0 Å². The van der Waals surface area contributed by atoms with Gasteiger partial charge in [0.25, 0.3) is 0 Å². The van der Waals surface area contributed by atoms with Crippen LogP contribution in [0.15, 0.2) is 12.1 Å². The van der Waals surface area contributed by atoms with Crippen molar-refractivity contribution in [3.8, 4) is 0 Å². The zero-order valence-electron chi connectivity index (χ0n) is 12.9. The first-order valence-corrected chi connectivity index (χ1v) is 9.30. The minimum absolute atomic E-state index is 0.0655. The predicted molar refractivity (Wildman–Crippen MR) is 85.6 cm³/mol. The minimum atomic E-state index is -2.93. The zero-order chi connectivity index (χ0) is 16.2. The highest BCUT2D eigenvalue weighted by Crippen LogP contribution is 2.21. The van der Waals surface area contributed by atoms with Crippen molar-refractivity contribution in [2.45, 2.75) is 38.6 Å². The van der Waals surface area contributed by atoms with Crippen LogP contribution in [-0.4, -0.2) is 49.1 Å². The number of rotatable bonds is 6. The van der Waals surface area contributed by atoms with Crippen LogP contribution in [0.2, 0.25) is 0 Å². The molecular formula is C14H22N4O3S. The second-order valence-electron chi connectivity index (χ2n) is 5.60. The molecule has 1 aliphatic rings. The van der Waals surface area contributed by atoms with Gasteiger partial charge in [0, 0.05) is 19.5 Å². The number of unbranched alkanes of at least 4 members (excludes halogenated alkanes) is 1. The lowest BCUT2D eigenvalue weighted by molar-refractivity contribution is -0.116. The van der Waals surface area contributed by atoms with Crippen molar-refractivity contribution in [2.24, 2.45) is 0 Å². The molecule has 1 saturated heterocycles. The summed E-state index contributed by atoms with van der Waals surface area (Å²) in [6, 6.07) is 3.36. The summed E-state index contributed by atoms with van der Waals surface area (Å²) in [5.74, 6) is 1.33. The fourth-order valence-electron chi connectivity index (χ4n) is 2.39. The summed E-state index contributed by atoms with van der Waals surface area (Å²) in [4.78, 5) is 13.4. The summed E-state index contributed by atoms with van der Waals surface area (Å²) in [5.41, 5.74) is 0. The van der Waals surface area contributed by atoms with Gasteiger partial charge in [0.05, 0.1) is 11.5 Å². The van der Waals surface area contributed by atoms with Gasteiger partial charge in [-0.1, -0.05) is 13.3 Å². The normalized spacial score (nSPS) is 19.8. The van der Waals surface area contributed by atoms with Crippen molar-refractivity contribution >= 4 is 27.4 Å². The first-order chi connectivity index (χ1) is 10.4. The third kappa shape index (κ3) is 4.40. The molecule has 1 aromatic rings. The number of amides is 1. The summed E-state index contributed by atoms with van der Waals surface area (Å²) in [7, 11) is -1.11. The number of nitrogens with one attached hydrogen (secondary N) is 1. The van der Waals surface area contributed by atoms with E-state index in [9.17, 15) is 13.2 Å². The van der Waals surface area contributed by atoms with E-state index in [1.807, 2.05) is 18.9 Å². The van der Waals surface area contributed by atoms with Crippen molar-refractivity contribution in [1.29, 1.82) is 0 Å². The molecule has 1 aliphatic heterocycles. The predicted octanol–water partition coefficient (Wildman–Crippen LogP) is 1.23. The number of carbonyl (C=O) groups excluding carboxylic acids is 1. The van der Waals surface area contributed by atoms with Crippen LogP contribution in [0.1, 0.15) is 32.6 Å². The number of anilines is 2. The van der Waals surface area contributed by atoms with E-state index in [1.165, 1.54) is 0 Å². The Kier molecular flexibility index (Phi) is 5.33. The standard InChI is InChI=1S/C14H22N4O3S/c1-3-4-5-14(19)15-12-6-7-13(17-16-12)18(2)11-8-9-22(20,21)10-11/h6-7,11H,3-5,8-10H2,1-2H3,(H,15,16,19). The molecule has 122 valence electrons. The molecule has 0 aromatic carbocycles. The fraction of sp³-hybridized carbons (Fsp3) is 0.643. The molecule has 0 radical (unpaired) electrons. The topological polar surface area (TPSA) is 92.3 Å². The molecule has 1 fully saturated rings. The van der Waals surface area contributed by atoms with E-state index in [1.54, 1.807) is 12.1 Å². The Bertz CT molecular complexity index is 615. The molecule has 0 aliphatic carbocycles. The Morgan fingerprint density at radius 2 is 2.18 bits per heavy atom. The van der Waals surface area contributed by atoms with E-state index >= 15 is 0 Å². The third-order valence-electron chi connectivity index (χ3n) is 3.79. The first-order valence-electron chi connectivity index (χ1n) is 7.48. The molecular weight excluding hydrogens is 304 g/mol. The van der Waals surface area contributed by atoms with Crippen LogP contribution in [0.4, 0.5) is 11.6 Å². The molecule has 1 aromatic heterocycles. The summed E-state index contributed by atoms with van der Waals surface area (Å²) < 4.78 is 23.1. The highest BCUT2D eigenvalue weighted by molar-refractivity contribution is 7.91. The summed E-state index contributed by atoms with van der Waals surface area (Å²) in [6.07, 6.45) is 2.89. The van der Waals surface area contributed by atoms with Gasteiger partial charge in [-0.25, -0.2) is 8.42 Å².